The summed E-state index contributed by atoms with van der Waals surface area (Å²) < 4.78 is 5.15. The molecule has 5 heteroatoms. The number of carboxylic acids is 1. The van der Waals surface area contributed by atoms with E-state index in [1.807, 2.05) is 7.05 Å². The Morgan fingerprint density at radius 2 is 2.19 bits per heavy atom. The minimum atomic E-state index is -0.881. The summed E-state index contributed by atoms with van der Waals surface area (Å²) >= 11 is 0. The van der Waals surface area contributed by atoms with Crippen LogP contribution in [0.25, 0.3) is 0 Å². The third-order valence-corrected chi connectivity index (χ3v) is 3.35. The van der Waals surface area contributed by atoms with Crippen LogP contribution < -0.4 is 0 Å². The highest BCUT2D eigenvalue weighted by molar-refractivity contribution is 5.80. The van der Waals surface area contributed by atoms with Gasteiger partial charge in [-0.2, -0.15) is 0 Å². The van der Waals surface area contributed by atoms with Crippen molar-refractivity contribution in [3.63, 3.8) is 0 Å². The van der Waals surface area contributed by atoms with Gasteiger partial charge in [0.25, 0.3) is 0 Å². The van der Waals surface area contributed by atoms with Crippen molar-refractivity contribution in [2.45, 2.75) is 25.2 Å². The summed E-state index contributed by atoms with van der Waals surface area (Å²) in [6, 6.07) is 1.74. The fourth-order valence-electron chi connectivity index (χ4n) is 2.16. The SMILES string of the molecule is Cc1cc(C2(C(=O)O)CCN(C)CC2)on1. The summed E-state index contributed by atoms with van der Waals surface area (Å²) in [6.07, 6.45) is 1.15. The first-order valence-electron chi connectivity index (χ1n) is 5.40. The molecule has 16 heavy (non-hydrogen) atoms. The Kier molecular flexibility index (Phi) is 2.71. The van der Waals surface area contributed by atoms with E-state index in [-0.39, 0.29) is 0 Å². The number of carboxylic acid groups (broad SMARTS) is 1. The van der Waals surface area contributed by atoms with E-state index >= 15 is 0 Å². The van der Waals surface area contributed by atoms with Gasteiger partial charge >= 0.3 is 5.97 Å². The molecule has 2 heterocycles. The number of piperidine rings is 1. The molecular formula is C11H16N2O3. The predicted octanol–water partition coefficient (Wildman–Crippen LogP) is 1.03. The summed E-state index contributed by atoms with van der Waals surface area (Å²) in [4.78, 5) is 13.6. The lowest BCUT2D eigenvalue weighted by Crippen LogP contribution is -2.45. The van der Waals surface area contributed by atoms with Crippen molar-refractivity contribution in [3.05, 3.63) is 17.5 Å². The normalized spacial score (nSPS) is 20.9. The molecule has 1 aromatic rings. The van der Waals surface area contributed by atoms with Gasteiger partial charge in [0, 0.05) is 6.07 Å². The smallest absolute Gasteiger partial charge is 0.317 e. The first-order valence-corrected chi connectivity index (χ1v) is 5.40. The molecule has 5 nitrogen and oxygen atoms in total. The van der Waals surface area contributed by atoms with E-state index in [1.54, 1.807) is 13.0 Å². The molecule has 0 bridgehead atoms. The van der Waals surface area contributed by atoms with E-state index < -0.39 is 11.4 Å². The van der Waals surface area contributed by atoms with Gasteiger partial charge in [0.05, 0.1) is 5.69 Å². The molecule has 2 rings (SSSR count). The largest absolute Gasteiger partial charge is 0.480 e. The van der Waals surface area contributed by atoms with Crippen LogP contribution in [0.3, 0.4) is 0 Å². The minimum absolute atomic E-state index is 0.491. The van der Waals surface area contributed by atoms with Gasteiger partial charge in [0.1, 0.15) is 5.41 Å². The number of likely N-dealkylation sites (tertiary alicyclic amines) is 1. The molecule has 88 valence electrons. The van der Waals surface area contributed by atoms with Crippen molar-refractivity contribution in [2.24, 2.45) is 0 Å². The van der Waals surface area contributed by atoms with Gasteiger partial charge in [0.15, 0.2) is 5.76 Å². The zero-order valence-corrected chi connectivity index (χ0v) is 9.56. The van der Waals surface area contributed by atoms with Crippen molar-refractivity contribution >= 4 is 5.97 Å². The van der Waals surface area contributed by atoms with Crippen molar-refractivity contribution in [2.75, 3.05) is 20.1 Å². The van der Waals surface area contributed by atoms with E-state index in [0.717, 1.165) is 18.8 Å². The lowest BCUT2D eigenvalue weighted by Gasteiger charge is -2.35. The molecule has 0 spiro atoms. The lowest BCUT2D eigenvalue weighted by molar-refractivity contribution is -0.146. The second-order valence-electron chi connectivity index (χ2n) is 4.52. The molecule has 1 saturated heterocycles. The second kappa shape index (κ2) is 3.90. The van der Waals surface area contributed by atoms with Crippen LogP contribution in [0.2, 0.25) is 0 Å². The molecular weight excluding hydrogens is 208 g/mol. The molecule has 0 radical (unpaired) electrons. The topological polar surface area (TPSA) is 66.6 Å². The Morgan fingerprint density at radius 3 is 2.62 bits per heavy atom. The zero-order valence-electron chi connectivity index (χ0n) is 9.56. The van der Waals surface area contributed by atoms with Crippen LogP contribution in [0, 0.1) is 6.92 Å². The maximum atomic E-state index is 11.5. The number of aromatic nitrogens is 1. The number of aryl methyl sites for hydroxylation is 1. The Labute approximate surface area is 94.0 Å². The zero-order chi connectivity index (χ0) is 11.8. The molecule has 1 aliphatic rings. The lowest BCUT2D eigenvalue weighted by atomic mass is 9.76. The monoisotopic (exact) mass is 224 g/mol. The first kappa shape index (κ1) is 11.1. The number of nitrogens with zero attached hydrogens (tertiary/aromatic N) is 2. The first-order chi connectivity index (χ1) is 7.54. The van der Waals surface area contributed by atoms with Crippen molar-refractivity contribution < 1.29 is 14.4 Å². The molecule has 0 saturated carbocycles. The van der Waals surface area contributed by atoms with Crippen molar-refractivity contribution in [1.82, 2.24) is 10.1 Å². The highest BCUT2D eigenvalue weighted by Crippen LogP contribution is 2.35. The third-order valence-electron chi connectivity index (χ3n) is 3.35. The Morgan fingerprint density at radius 1 is 1.56 bits per heavy atom. The maximum Gasteiger partial charge on any atom is 0.317 e. The van der Waals surface area contributed by atoms with Gasteiger partial charge in [-0.1, -0.05) is 5.16 Å². The van der Waals surface area contributed by atoms with Crippen LogP contribution in [0.15, 0.2) is 10.6 Å². The molecule has 1 aliphatic heterocycles. The summed E-state index contributed by atoms with van der Waals surface area (Å²) in [5.41, 5.74) is -0.150. The average molecular weight is 224 g/mol. The fourth-order valence-corrected chi connectivity index (χ4v) is 2.16. The van der Waals surface area contributed by atoms with E-state index in [0.29, 0.717) is 18.6 Å². The summed E-state index contributed by atoms with van der Waals surface area (Å²) in [6.45, 7) is 3.34. The quantitative estimate of drug-likeness (QED) is 0.812. The Hall–Kier alpha value is -1.36. The van der Waals surface area contributed by atoms with E-state index in [1.165, 1.54) is 0 Å². The van der Waals surface area contributed by atoms with E-state index in [4.69, 9.17) is 4.52 Å². The van der Waals surface area contributed by atoms with Gasteiger partial charge in [-0.05, 0) is 39.9 Å². The van der Waals surface area contributed by atoms with Crippen LogP contribution in [0.4, 0.5) is 0 Å². The summed E-state index contributed by atoms with van der Waals surface area (Å²) in [5, 5.41) is 13.2. The van der Waals surface area contributed by atoms with Crippen LogP contribution in [0.1, 0.15) is 24.3 Å². The standard InChI is InChI=1S/C11H16N2O3/c1-8-7-9(16-12-8)11(10(14)15)3-5-13(2)6-4-11/h7H,3-6H2,1-2H3,(H,14,15). The third kappa shape index (κ3) is 1.71. The van der Waals surface area contributed by atoms with Gasteiger partial charge in [-0.3, -0.25) is 4.79 Å². The number of hydrogen-bond donors (Lipinski definition) is 1. The van der Waals surface area contributed by atoms with Gasteiger partial charge in [-0.15, -0.1) is 0 Å². The van der Waals surface area contributed by atoms with Gasteiger partial charge < -0.3 is 14.5 Å². The number of hydrogen-bond acceptors (Lipinski definition) is 4. The maximum absolute atomic E-state index is 11.5. The number of rotatable bonds is 2. The molecule has 0 aromatic carbocycles. The fraction of sp³-hybridized carbons (Fsp3) is 0.636. The van der Waals surface area contributed by atoms with Crippen molar-refractivity contribution in [3.8, 4) is 0 Å². The van der Waals surface area contributed by atoms with Crippen molar-refractivity contribution in [1.29, 1.82) is 0 Å². The van der Waals surface area contributed by atoms with E-state index in [9.17, 15) is 9.90 Å². The van der Waals surface area contributed by atoms with Gasteiger partial charge in [-0.25, -0.2) is 0 Å². The molecule has 1 fully saturated rings. The molecule has 1 N–H and O–H groups in total. The number of carbonyl (C=O) groups is 1. The Bertz CT molecular complexity index is 392. The minimum Gasteiger partial charge on any atom is -0.480 e. The highest BCUT2D eigenvalue weighted by Gasteiger charge is 2.45. The Balaban J connectivity index is 2.33. The number of aliphatic carboxylic acids is 1. The average Bonchev–Trinajstić information content (AvgIpc) is 2.66. The van der Waals surface area contributed by atoms with Crippen LogP contribution >= 0.6 is 0 Å². The summed E-state index contributed by atoms with van der Waals surface area (Å²) in [7, 11) is 2.00. The van der Waals surface area contributed by atoms with Crippen LogP contribution in [-0.2, 0) is 10.2 Å². The summed E-state index contributed by atoms with van der Waals surface area (Å²) in [5.74, 6) is -0.317. The molecule has 1 aromatic heterocycles. The molecule has 0 atom stereocenters. The van der Waals surface area contributed by atoms with Crippen LogP contribution in [0.5, 0.6) is 0 Å². The van der Waals surface area contributed by atoms with E-state index in [2.05, 4.69) is 10.1 Å². The highest BCUT2D eigenvalue weighted by atomic mass is 16.5. The molecule has 0 aliphatic carbocycles. The second-order valence-corrected chi connectivity index (χ2v) is 4.52. The predicted molar refractivity (Wildman–Crippen MR) is 57.3 cm³/mol. The van der Waals surface area contributed by atoms with Crippen LogP contribution in [-0.4, -0.2) is 41.3 Å². The van der Waals surface area contributed by atoms with Gasteiger partial charge in [0.2, 0.25) is 0 Å². The molecule has 0 amide bonds. The molecule has 0 unspecified atom stereocenters.